The molecule has 0 saturated carbocycles. The van der Waals surface area contributed by atoms with Crippen molar-refractivity contribution < 1.29 is 4.79 Å². The molecule has 0 atom stereocenters. The lowest BCUT2D eigenvalue weighted by molar-refractivity contribution is 0.102. The van der Waals surface area contributed by atoms with Gasteiger partial charge in [-0.15, -0.1) is 11.8 Å². The van der Waals surface area contributed by atoms with Crippen molar-refractivity contribution in [2.75, 3.05) is 5.32 Å². The summed E-state index contributed by atoms with van der Waals surface area (Å²) in [6, 6.07) is 7.70. The zero-order chi connectivity index (χ0) is 17.1. The number of thioether (sulfide) groups is 1. The molecular formula is C16H13N7OS. The number of anilines is 1. The first-order valence-electron chi connectivity index (χ1n) is 7.45. The summed E-state index contributed by atoms with van der Waals surface area (Å²) in [5, 5.41) is 11.4. The molecule has 1 amide bonds. The Balaban J connectivity index is 1.46. The molecule has 4 aromatic rings. The largest absolute Gasteiger partial charge is 0.341 e. The Morgan fingerprint density at radius 1 is 1.24 bits per heavy atom. The zero-order valence-electron chi connectivity index (χ0n) is 12.9. The number of aromatic amines is 2. The van der Waals surface area contributed by atoms with Crippen molar-refractivity contribution in [1.29, 1.82) is 0 Å². The first kappa shape index (κ1) is 15.3. The van der Waals surface area contributed by atoms with Crippen molar-refractivity contribution in [3.05, 3.63) is 60.6 Å². The standard InChI is InChI=1S/C16H13N7OS/c24-15(13-6-17-8-18-13)22-11-3-1-2-10(4-11)7-25-16-12-5-21-23-14(12)19-9-20-16/h1-6,8-9H,7H2,(H,17,18)(H,22,24)(H,19,20,21,23). The highest BCUT2D eigenvalue weighted by Crippen LogP contribution is 2.27. The lowest BCUT2D eigenvalue weighted by Crippen LogP contribution is -2.12. The topological polar surface area (TPSA) is 112 Å². The second-order valence-corrected chi connectivity index (χ2v) is 6.18. The van der Waals surface area contributed by atoms with E-state index in [0.29, 0.717) is 11.4 Å². The van der Waals surface area contributed by atoms with Gasteiger partial charge in [-0.25, -0.2) is 15.0 Å². The molecule has 124 valence electrons. The number of carbonyl (C=O) groups excluding carboxylic acids is 1. The molecule has 0 bridgehead atoms. The van der Waals surface area contributed by atoms with Gasteiger partial charge in [-0.1, -0.05) is 12.1 Å². The second kappa shape index (κ2) is 6.73. The number of hydrogen-bond acceptors (Lipinski definition) is 6. The Bertz CT molecular complexity index is 1010. The zero-order valence-corrected chi connectivity index (χ0v) is 13.7. The van der Waals surface area contributed by atoms with Crippen molar-refractivity contribution in [2.45, 2.75) is 10.8 Å². The summed E-state index contributed by atoms with van der Waals surface area (Å²) >= 11 is 1.59. The van der Waals surface area contributed by atoms with E-state index in [9.17, 15) is 4.79 Å². The molecule has 0 aliphatic rings. The Morgan fingerprint density at radius 3 is 3.08 bits per heavy atom. The molecule has 0 aliphatic heterocycles. The monoisotopic (exact) mass is 351 g/mol. The van der Waals surface area contributed by atoms with E-state index < -0.39 is 0 Å². The number of fused-ring (bicyclic) bond motifs is 1. The van der Waals surface area contributed by atoms with E-state index in [1.807, 2.05) is 24.3 Å². The third kappa shape index (κ3) is 3.36. The number of nitrogens with one attached hydrogen (secondary N) is 3. The van der Waals surface area contributed by atoms with Gasteiger partial charge in [0.1, 0.15) is 17.0 Å². The Hall–Kier alpha value is -3.20. The average molecular weight is 351 g/mol. The number of nitrogens with zero attached hydrogens (tertiary/aromatic N) is 4. The van der Waals surface area contributed by atoms with Crippen LogP contribution in [0.15, 0.2) is 54.3 Å². The predicted molar refractivity (Wildman–Crippen MR) is 94.2 cm³/mol. The maximum absolute atomic E-state index is 12.1. The number of rotatable bonds is 5. The molecule has 3 heterocycles. The van der Waals surface area contributed by atoms with Gasteiger partial charge in [-0.3, -0.25) is 9.89 Å². The van der Waals surface area contributed by atoms with Gasteiger partial charge in [0.05, 0.1) is 24.1 Å². The average Bonchev–Trinajstić information content (AvgIpc) is 3.31. The molecule has 0 unspecified atom stereocenters. The van der Waals surface area contributed by atoms with Gasteiger partial charge in [0, 0.05) is 11.4 Å². The van der Waals surface area contributed by atoms with Crippen molar-refractivity contribution >= 4 is 34.4 Å². The molecule has 0 saturated heterocycles. The summed E-state index contributed by atoms with van der Waals surface area (Å²) in [5.74, 6) is 0.489. The summed E-state index contributed by atoms with van der Waals surface area (Å²) in [5.41, 5.74) is 2.94. The molecule has 3 aromatic heterocycles. The molecule has 25 heavy (non-hydrogen) atoms. The van der Waals surface area contributed by atoms with E-state index in [-0.39, 0.29) is 5.91 Å². The van der Waals surface area contributed by atoms with Crippen LogP contribution in [0.3, 0.4) is 0 Å². The van der Waals surface area contributed by atoms with Crippen LogP contribution in [0.25, 0.3) is 11.0 Å². The summed E-state index contributed by atoms with van der Waals surface area (Å²) in [6.45, 7) is 0. The number of H-pyrrole nitrogens is 2. The quantitative estimate of drug-likeness (QED) is 0.376. The maximum Gasteiger partial charge on any atom is 0.273 e. The summed E-state index contributed by atoms with van der Waals surface area (Å²) in [4.78, 5) is 27.1. The van der Waals surface area contributed by atoms with Crippen LogP contribution in [0.4, 0.5) is 5.69 Å². The maximum atomic E-state index is 12.1. The molecule has 4 rings (SSSR count). The Morgan fingerprint density at radius 2 is 2.20 bits per heavy atom. The van der Waals surface area contributed by atoms with Crippen LogP contribution in [0.2, 0.25) is 0 Å². The molecule has 8 nitrogen and oxygen atoms in total. The highest BCUT2D eigenvalue weighted by atomic mass is 32.2. The van der Waals surface area contributed by atoms with Crippen molar-refractivity contribution in [2.24, 2.45) is 0 Å². The van der Waals surface area contributed by atoms with Crippen LogP contribution >= 0.6 is 11.8 Å². The van der Waals surface area contributed by atoms with E-state index in [1.165, 1.54) is 18.9 Å². The van der Waals surface area contributed by atoms with E-state index in [1.54, 1.807) is 18.0 Å². The fourth-order valence-electron chi connectivity index (χ4n) is 2.33. The molecular weight excluding hydrogens is 338 g/mol. The number of carbonyl (C=O) groups is 1. The minimum Gasteiger partial charge on any atom is -0.341 e. The highest BCUT2D eigenvalue weighted by molar-refractivity contribution is 7.98. The van der Waals surface area contributed by atoms with E-state index in [2.05, 4.69) is 35.5 Å². The normalized spacial score (nSPS) is 10.9. The Kier molecular flexibility index (Phi) is 4.13. The Labute approximate surface area is 146 Å². The molecule has 0 fully saturated rings. The smallest absolute Gasteiger partial charge is 0.273 e. The number of aromatic nitrogens is 6. The van der Waals surface area contributed by atoms with Gasteiger partial charge in [-0.2, -0.15) is 5.10 Å². The SMILES string of the molecule is O=C(Nc1cccc(CSc2ncnc3[nH]ncc23)c1)c1cnc[nH]1. The fraction of sp³-hybridized carbons (Fsp3) is 0.0625. The van der Waals surface area contributed by atoms with E-state index >= 15 is 0 Å². The van der Waals surface area contributed by atoms with Crippen LogP contribution < -0.4 is 5.32 Å². The van der Waals surface area contributed by atoms with Gasteiger partial charge in [-0.05, 0) is 17.7 Å². The van der Waals surface area contributed by atoms with Gasteiger partial charge < -0.3 is 10.3 Å². The number of hydrogen-bond donors (Lipinski definition) is 3. The lowest BCUT2D eigenvalue weighted by Gasteiger charge is -2.07. The van der Waals surface area contributed by atoms with Crippen molar-refractivity contribution in [1.82, 2.24) is 30.1 Å². The third-order valence-electron chi connectivity index (χ3n) is 3.51. The first-order valence-corrected chi connectivity index (χ1v) is 8.44. The van der Waals surface area contributed by atoms with Crippen LogP contribution in [0.5, 0.6) is 0 Å². The summed E-state index contributed by atoms with van der Waals surface area (Å²) < 4.78 is 0. The number of imidazole rings is 1. The number of amides is 1. The van der Waals surface area contributed by atoms with Gasteiger partial charge >= 0.3 is 0 Å². The van der Waals surface area contributed by atoms with E-state index in [0.717, 1.165) is 27.3 Å². The fourth-order valence-corrected chi connectivity index (χ4v) is 3.24. The van der Waals surface area contributed by atoms with Gasteiger partial charge in [0.2, 0.25) is 0 Å². The molecule has 0 aliphatic carbocycles. The van der Waals surface area contributed by atoms with Crippen molar-refractivity contribution in [3.8, 4) is 0 Å². The molecule has 9 heteroatoms. The van der Waals surface area contributed by atoms with Crippen LogP contribution in [-0.2, 0) is 5.75 Å². The second-order valence-electron chi connectivity index (χ2n) is 5.22. The van der Waals surface area contributed by atoms with Crippen LogP contribution in [0, 0.1) is 0 Å². The van der Waals surface area contributed by atoms with Crippen LogP contribution in [-0.4, -0.2) is 36.0 Å². The minimum absolute atomic E-state index is 0.224. The minimum atomic E-state index is -0.224. The lowest BCUT2D eigenvalue weighted by atomic mass is 10.2. The van der Waals surface area contributed by atoms with Gasteiger partial charge in [0.25, 0.3) is 5.91 Å². The predicted octanol–water partition coefficient (Wildman–Crippen LogP) is 2.62. The summed E-state index contributed by atoms with van der Waals surface area (Å²) in [6.07, 6.45) is 6.20. The molecule has 0 spiro atoms. The molecule has 3 N–H and O–H groups in total. The molecule has 0 radical (unpaired) electrons. The summed E-state index contributed by atoms with van der Waals surface area (Å²) in [7, 11) is 0. The van der Waals surface area contributed by atoms with Crippen molar-refractivity contribution in [3.63, 3.8) is 0 Å². The van der Waals surface area contributed by atoms with E-state index in [4.69, 9.17) is 0 Å². The number of benzene rings is 1. The highest BCUT2D eigenvalue weighted by Gasteiger charge is 2.09. The third-order valence-corrected chi connectivity index (χ3v) is 4.59. The molecule has 1 aromatic carbocycles. The van der Waals surface area contributed by atoms with Crippen LogP contribution in [0.1, 0.15) is 16.1 Å². The first-order chi connectivity index (χ1) is 12.3. The van der Waals surface area contributed by atoms with Gasteiger partial charge in [0.15, 0.2) is 5.65 Å².